The van der Waals surface area contributed by atoms with Crippen LogP contribution in [0.3, 0.4) is 0 Å². The average Bonchev–Trinajstić information content (AvgIpc) is 3.66. The third kappa shape index (κ3) is 6.55. The summed E-state index contributed by atoms with van der Waals surface area (Å²) < 4.78 is 40.9. The van der Waals surface area contributed by atoms with Crippen LogP contribution in [0.4, 0.5) is 4.39 Å². The van der Waals surface area contributed by atoms with Gasteiger partial charge in [-0.15, -0.1) is 23.5 Å². The fourth-order valence-electron chi connectivity index (χ4n) is 6.66. The lowest BCUT2D eigenvalue weighted by molar-refractivity contribution is -0.190. The molecule has 3 heterocycles. The van der Waals surface area contributed by atoms with E-state index in [0.29, 0.717) is 42.0 Å². The Morgan fingerprint density at radius 3 is 2.44 bits per heavy atom. The topological polar surface area (TPSA) is 36.9 Å². The molecular formula is C27H43FO4S2. The zero-order chi connectivity index (χ0) is 23.2. The second-order valence-corrected chi connectivity index (χ2v) is 13.7. The largest absolute Gasteiger partial charge is 0.353 e. The Kier molecular flexibility index (Phi) is 9.61. The standard InChI is InChI=1S/C27H43FO4S2/c28-23(19-20-5-1-2-6-20)24(32-25-7-3-4-14-29-25)10-8-21-12-13-27(30-15-16-31-27)22(21)9-11-26-33-17-18-34-26/h8,10,20-26H,1-7,9,11-19H2/b10-8+. The highest BCUT2D eigenvalue weighted by molar-refractivity contribution is 8.20. The van der Waals surface area contributed by atoms with Crippen molar-refractivity contribution in [2.75, 3.05) is 31.3 Å². The molecule has 5 rings (SSSR count). The van der Waals surface area contributed by atoms with Crippen LogP contribution in [0.25, 0.3) is 0 Å². The van der Waals surface area contributed by atoms with E-state index in [0.717, 1.165) is 58.0 Å². The molecule has 0 aromatic carbocycles. The maximum absolute atomic E-state index is 15.6. The monoisotopic (exact) mass is 514 g/mol. The molecule has 0 aromatic heterocycles. The first kappa shape index (κ1) is 25.8. The van der Waals surface area contributed by atoms with Crippen LogP contribution in [-0.2, 0) is 18.9 Å². The van der Waals surface area contributed by atoms with E-state index >= 15 is 4.39 Å². The maximum Gasteiger partial charge on any atom is 0.171 e. The van der Waals surface area contributed by atoms with Crippen molar-refractivity contribution in [3.63, 3.8) is 0 Å². The van der Waals surface area contributed by atoms with Crippen molar-refractivity contribution in [3.05, 3.63) is 12.2 Å². The van der Waals surface area contributed by atoms with E-state index in [1.54, 1.807) is 0 Å². The van der Waals surface area contributed by atoms with E-state index in [1.807, 2.05) is 6.08 Å². The van der Waals surface area contributed by atoms with E-state index in [4.69, 9.17) is 18.9 Å². The van der Waals surface area contributed by atoms with Crippen LogP contribution in [0.5, 0.6) is 0 Å². The van der Waals surface area contributed by atoms with Gasteiger partial charge in [0.1, 0.15) is 12.3 Å². The van der Waals surface area contributed by atoms with Crippen LogP contribution in [0.1, 0.15) is 77.0 Å². The smallest absolute Gasteiger partial charge is 0.171 e. The van der Waals surface area contributed by atoms with E-state index in [1.165, 1.54) is 30.8 Å². The molecule has 1 spiro atoms. The number of thioether (sulfide) groups is 2. The molecule has 0 amide bonds. The first-order chi connectivity index (χ1) is 16.7. The van der Waals surface area contributed by atoms with Crippen LogP contribution < -0.4 is 0 Å². The summed E-state index contributed by atoms with van der Waals surface area (Å²) in [5, 5.41) is 0. The summed E-state index contributed by atoms with van der Waals surface area (Å²) in [5.74, 6) is 3.31. The van der Waals surface area contributed by atoms with E-state index in [2.05, 4.69) is 29.6 Å². The van der Waals surface area contributed by atoms with Gasteiger partial charge in [-0.1, -0.05) is 37.8 Å². The predicted octanol–water partition coefficient (Wildman–Crippen LogP) is 6.73. The van der Waals surface area contributed by atoms with Crippen molar-refractivity contribution < 1.29 is 23.3 Å². The van der Waals surface area contributed by atoms with Gasteiger partial charge in [-0.25, -0.2) is 4.39 Å². The van der Waals surface area contributed by atoms with Crippen molar-refractivity contribution in [2.24, 2.45) is 17.8 Å². The van der Waals surface area contributed by atoms with Gasteiger partial charge in [-0.3, -0.25) is 0 Å². The zero-order valence-electron chi connectivity index (χ0n) is 20.5. The minimum absolute atomic E-state index is 0.270. The average molecular weight is 515 g/mol. The molecule has 0 radical (unpaired) electrons. The van der Waals surface area contributed by atoms with Crippen LogP contribution in [0.15, 0.2) is 12.2 Å². The van der Waals surface area contributed by atoms with Gasteiger partial charge in [0.05, 0.1) is 17.8 Å². The molecular weight excluding hydrogens is 471 g/mol. The Hall–Kier alpha value is 0.210. The molecule has 3 saturated heterocycles. The van der Waals surface area contributed by atoms with Crippen LogP contribution in [0.2, 0.25) is 0 Å². The second-order valence-electron chi connectivity index (χ2n) is 10.8. The Labute approximate surface area is 213 Å². The second kappa shape index (κ2) is 12.6. The van der Waals surface area contributed by atoms with Gasteiger partial charge in [-0.05, 0) is 56.8 Å². The Bertz CT molecular complexity index is 641. The van der Waals surface area contributed by atoms with Crippen molar-refractivity contribution in [1.29, 1.82) is 0 Å². The van der Waals surface area contributed by atoms with Gasteiger partial charge >= 0.3 is 0 Å². The zero-order valence-corrected chi connectivity index (χ0v) is 22.2. The lowest BCUT2D eigenvalue weighted by Crippen LogP contribution is -2.37. The van der Waals surface area contributed by atoms with Crippen LogP contribution in [-0.4, -0.2) is 60.3 Å². The number of alkyl halides is 1. The summed E-state index contributed by atoms with van der Waals surface area (Å²) in [5.41, 5.74) is 0. The minimum Gasteiger partial charge on any atom is -0.353 e. The Morgan fingerprint density at radius 1 is 0.941 bits per heavy atom. The van der Waals surface area contributed by atoms with Crippen LogP contribution in [0, 0.1) is 17.8 Å². The van der Waals surface area contributed by atoms with Crippen molar-refractivity contribution in [1.82, 2.24) is 0 Å². The SMILES string of the molecule is FC(CC1CCCC1)C(/C=C/C1CCC2(OCCO2)C1CCC1SCCS1)OC1CCCCO1. The molecule has 34 heavy (non-hydrogen) atoms. The number of ether oxygens (including phenoxy) is 4. The fraction of sp³-hybridized carbons (Fsp3) is 0.926. The number of rotatable bonds is 10. The number of hydrogen-bond acceptors (Lipinski definition) is 6. The molecule has 4 nitrogen and oxygen atoms in total. The summed E-state index contributed by atoms with van der Waals surface area (Å²) in [6.07, 6.45) is 15.3. The molecule has 0 N–H and O–H groups in total. The molecule has 5 fully saturated rings. The van der Waals surface area contributed by atoms with Gasteiger partial charge < -0.3 is 18.9 Å². The fourth-order valence-corrected chi connectivity index (χ4v) is 9.52. The van der Waals surface area contributed by atoms with Crippen LogP contribution >= 0.6 is 23.5 Å². The normalized spacial score (nSPS) is 34.6. The van der Waals surface area contributed by atoms with Gasteiger partial charge in [0.15, 0.2) is 12.1 Å². The molecule has 0 bridgehead atoms. The van der Waals surface area contributed by atoms with Gasteiger partial charge in [0, 0.05) is 30.5 Å². The first-order valence-electron chi connectivity index (χ1n) is 13.8. The van der Waals surface area contributed by atoms with E-state index < -0.39 is 18.1 Å². The lowest BCUT2D eigenvalue weighted by atomic mass is 9.87. The van der Waals surface area contributed by atoms with Crippen molar-refractivity contribution in [3.8, 4) is 0 Å². The highest BCUT2D eigenvalue weighted by atomic mass is 32.2. The molecule has 7 heteroatoms. The molecule has 5 unspecified atom stereocenters. The molecule has 2 aliphatic carbocycles. The highest BCUT2D eigenvalue weighted by Gasteiger charge is 2.51. The number of allylic oxidation sites excluding steroid dienone is 1. The van der Waals surface area contributed by atoms with Crippen molar-refractivity contribution >= 4 is 23.5 Å². The van der Waals surface area contributed by atoms with E-state index in [9.17, 15) is 0 Å². The maximum atomic E-state index is 15.6. The van der Waals surface area contributed by atoms with E-state index in [-0.39, 0.29) is 6.29 Å². The van der Waals surface area contributed by atoms with Gasteiger partial charge in [0.2, 0.25) is 0 Å². The molecule has 194 valence electrons. The van der Waals surface area contributed by atoms with Crippen molar-refractivity contribution in [2.45, 2.75) is 106 Å². The lowest BCUT2D eigenvalue weighted by Gasteiger charge is -2.32. The first-order valence-corrected chi connectivity index (χ1v) is 15.9. The Balaban J connectivity index is 1.25. The molecule has 2 saturated carbocycles. The number of hydrogen-bond donors (Lipinski definition) is 0. The Morgan fingerprint density at radius 2 is 1.71 bits per heavy atom. The third-order valence-corrected chi connectivity index (χ3v) is 11.6. The molecule has 5 aliphatic rings. The summed E-state index contributed by atoms with van der Waals surface area (Å²) in [4.78, 5) is 0. The summed E-state index contributed by atoms with van der Waals surface area (Å²) >= 11 is 4.19. The number of halogens is 1. The van der Waals surface area contributed by atoms with Gasteiger partial charge in [0.25, 0.3) is 0 Å². The van der Waals surface area contributed by atoms with Gasteiger partial charge in [-0.2, -0.15) is 0 Å². The summed E-state index contributed by atoms with van der Waals surface area (Å²) in [6.45, 7) is 2.11. The molecule has 0 aromatic rings. The summed E-state index contributed by atoms with van der Waals surface area (Å²) in [7, 11) is 0. The molecule has 5 atom stereocenters. The quantitative estimate of drug-likeness (QED) is 0.301. The predicted molar refractivity (Wildman–Crippen MR) is 138 cm³/mol. The summed E-state index contributed by atoms with van der Waals surface area (Å²) in [6, 6.07) is 0. The minimum atomic E-state index is -0.969. The highest BCUT2D eigenvalue weighted by Crippen LogP contribution is 2.50. The third-order valence-electron chi connectivity index (χ3n) is 8.47. The molecule has 3 aliphatic heterocycles.